The van der Waals surface area contributed by atoms with Crippen LogP contribution in [0, 0.1) is 6.92 Å². The summed E-state index contributed by atoms with van der Waals surface area (Å²) in [6.07, 6.45) is 1.46. The zero-order chi connectivity index (χ0) is 23.1. The smallest absolute Gasteiger partial charge is 0.165 e. The molecule has 5 rings (SSSR count). The van der Waals surface area contributed by atoms with E-state index in [9.17, 15) is 0 Å². The van der Waals surface area contributed by atoms with Gasteiger partial charge in [-0.25, -0.2) is 15.0 Å². The van der Waals surface area contributed by atoms with E-state index >= 15 is 0 Å². The summed E-state index contributed by atoms with van der Waals surface area (Å²) in [4.78, 5) is 17.0. The monoisotopic (exact) mass is 538 g/mol. The Morgan fingerprint density at radius 3 is 2.42 bits per heavy atom. The summed E-state index contributed by atoms with van der Waals surface area (Å²) >= 11 is 6.91. The van der Waals surface area contributed by atoms with E-state index in [1.165, 1.54) is 11.2 Å². The van der Waals surface area contributed by atoms with Crippen molar-refractivity contribution in [3.63, 3.8) is 0 Å². The number of hydrogen-bond donors (Lipinski definition) is 1. The summed E-state index contributed by atoms with van der Waals surface area (Å²) in [5.74, 6) is 1.69. The zero-order valence-corrected chi connectivity index (χ0v) is 21.3. The number of nitrogens with zero attached hydrogens (tertiary/aromatic N) is 3. The SMILES string of the molecule is COc1ccc(-c2c(-c3ccc(C)s3)nc3ncnc(N)c3c2-c2cc(Br)cs2)cc1OC. The fraction of sp³-hybridized carbons (Fsp3) is 0.125. The molecule has 0 aliphatic carbocycles. The third-order valence-electron chi connectivity index (χ3n) is 5.27. The van der Waals surface area contributed by atoms with E-state index in [4.69, 9.17) is 20.2 Å². The largest absolute Gasteiger partial charge is 0.493 e. The highest BCUT2D eigenvalue weighted by molar-refractivity contribution is 9.10. The molecule has 0 saturated heterocycles. The van der Waals surface area contributed by atoms with Crippen molar-refractivity contribution < 1.29 is 9.47 Å². The summed E-state index contributed by atoms with van der Waals surface area (Å²) in [5.41, 5.74) is 10.6. The Morgan fingerprint density at radius 1 is 0.939 bits per heavy atom. The van der Waals surface area contributed by atoms with Crippen LogP contribution in [0.1, 0.15) is 4.88 Å². The molecule has 0 spiro atoms. The van der Waals surface area contributed by atoms with E-state index in [0.717, 1.165) is 42.0 Å². The second-order valence-corrected chi connectivity index (χ2v) is 10.4. The molecule has 0 aliphatic heterocycles. The standard InChI is InChI=1S/C24H19BrN4O2S2/c1-12-4-7-17(33-12)22-19(13-5-6-15(30-2)16(8-13)31-3)20(18-9-14(25)10-32-18)21-23(26)27-11-28-24(21)29-22/h4-11H,1-3H3,(H2,26,27,28,29). The van der Waals surface area contributed by atoms with Gasteiger partial charge in [0.05, 0.1) is 30.2 Å². The van der Waals surface area contributed by atoms with Crippen LogP contribution in [0.5, 0.6) is 11.5 Å². The average Bonchev–Trinajstić information content (AvgIpc) is 3.45. The van der Waals surface area contributed by atoms with E-state index in [1.807, 2.05) is 18.2 Å². The Morgan fingerprint density at radius 2 is 1.76 bits per heavy atom. The van der Waals surface area contributed by atoms with E-state index in [0.29, 0.717) is 23.0 Å². The van der Waals surface area contributed by atoms with Crippen molar-refractivity contribution in [2.24, 2.45) is 0 Å². The molecule has 2 N–H and O–H groups in total. The Balaban J connectivity index is 1.96. The van der Waals surface area contributed by atoms with Crippen molar-refractivity contribution in [1.82, 2.24) is 15.0 Å². The van der Waals surface area contributed by atoms with Gasteiger partial charge in [0.15, 0.2) is 17.1 Å². The first kappa shape index (κ1) is 21.8. The van der Waals surface area contributed by atoms with Crippen molar-refractivity contribution in [2.75, 3.05) is 20.0 Å². The van der Waals surface area contributed by atoms with Crippen LogP contribution in [0.15, 0.2) is 52.6 Å². The molecule has 0 atom stereocenters. The molecule has 166 valence electrons. The van der Waals surface area contributed by atoms with Gasteiger partial charge in [-0.1, -0.05) is 6.07 Å². The maximum Gasteiger partial charge on any atom is 0.165 e. The molecule has 0 saturated carbocycles. The van der Waals surface area contributed by atoms with Gasteiger partial charge in [-0.05, 0) is 58.7 Å². The fourth-order valence-corrected chi connectivity index (χ4v) is 6.17. The summed E-state index contributed by atoms with van der Waals surface area (Å²) < 4.78 is 12.1. The van der Waals surface area contributed by atoms with Gasteiger partial charge in [-0.15, -0.1) is 22.7 Å². The molecule has 5 aromatic rings. The summed E-state index contributed by atoms with van der Waals surface area (Å²) in [6, 6.07) is 12.2. The minimum atomic E-state index is 0.391. The average molecular weight is 539 g/mol. The first-order chi connectivity index (χ1) is 16.0. The van der Waals surface area contributed by atoms with Crippen LogP contribution in [0.3, 0.4) is 0 Å². The van der Waals surface area contributed by atoms with Crippen LogP contribution in [-0.2, 0) is 0 Å². The highest BCUT2D eigenvalue weighted by Crippen LogP contribution is 2.48. The molecular formula is C24H19BrN4O2S2. The Kier molecular flexibility index (Phi) is 5.77. The second-order valence-electron chi connectivity index (χ2n) is 7.28. The molecule has 0 amide bonds. The molecule has 9 heteroatoms. The van der Waals surface area contributed by atoms with Crippen LogP contribution < -0.4 is 15.2 Å². The van der Waals surface area contributed by atoms with Crippen LogP contribution in [0.4, 0.5) is 5.82 Å². The van der Waals surface area contributed by atoms with Crippen LogP contribution >= 0.6 is 38.6 Å². The first-order valence-corrected chi connectivity index (χ1v) is 12.5. The number of aryl methyl sites for hydroxylation is 1. The summed E-state index contributed by atoms with van der Waals surface area (Å²) in [7, 11) is 3.26. The topological polar surface area (TPSA) is 83.2 Å². The fourth-order valence-electron chi connectivity index (χ4n) is 3.82. The maximum atomic E-state index is 6.40. The van der Waals surface area contributed by atoms with Gasteiger partial charge in [0.2, 0.25) is 0 Å². The molecule has 0 unspecified atom stereocenters. The molecule has 0 bridgehead atoms. The number of ether oxygens (including phenoxy) is 2. The Bertz CT molecular complexity index is 1500. The zero-order valence-electron chi connectivity index (χ0n) is 18.0. The molecular weight excluding hydrogens is 520 g/mol. The third-order valence-corrected chi connectivity index (χ3v) is 7.99. The van der Waals surface area contributed by atoms with E-state index in [2.05, 4.69) is 56.4 Å². The van der Waals surface area contributed by atoms with E-state index < -0.39 is 0 Å². The van der Waals surface area contributed by atoms with E-state index in [-0.39, 0.29) is 0 Å². The minimum Gasteiger partial charge on any atom is -0.493 e. The van der Waals surface area contributed by atoms with Gasteiger partial charge in [-0.2, -0.15) is 0 Å². The molecule has 6 nitrogen and oxygen atoms in total. The van der Waals surface area contributed by atoms with Gasteiger partial charge in [0.1, 0.15) is 12.1 Å². The number of fused-ring (bicyclic) bond motifs is 1. The van der Waals surface area contributed by atoms with Crippen LogP contribution in [0.25, 0.3) is 43.2 Å². The number of benzene rings is 1. The van der Waals surface area contributed by atoms with Gasteiger partial charge in [0, 0.05) is 30.7 Å². The van der Waals surface area contributed by atoms with Crippen molar-refractivity contribution in [3.05, 3.63) is 57.5 Å². The molecule has 33 heavy (non-hydrogen) atoms. The number of nitrogens with two attached hydrogens (primary N) is 1. The first-order valence-electron chi connectivity index (χ1n) is 9.98. The second kappa shape index (κ2) is 8.74. The lowest BCUT2D eigenvalue weighted by Crippen LogP contribution is -2.01. The summed E-state index contributed by atoms with van der Waals surface area (Å²) in [5, 5.41) is 2.78. The number of pyridine rings is 1. The van der Waals surface area contributed by atoms with Crippen molar-refractivity contribution >= 4 is 55.5 Å². The normalized spacial score (nSPS) is 11.2. The molecule has 1 aromatic carbocycles. The predicted octanol–water partition coefficient (Wildman–Crippen LogP) is 6.82. The number of anilines is 1. The Hall–Kier alpha value is -3.01. The molecule has 0 aliphatic rings. The molecule has 0 radical (unpaired) electrons. The Labute approximate surface area is 207 Å². The quantitative estimate of drug-likeness (QED) is 0.264. The van der Waals surface area contributed by atoms with Gasteiger partial charge in [0.25, 0.3) is 0 Å². The number of thiophene rings is 2. The lowest BCUT2D eigenvalue weighted by atomic mass is 9.93. The maximum absolute atomic E-state index is 6.40. The van der Waals surface area contributed by atoms with Crippen molar-refractivity contribution in [3.8, 4) is 43.6 Å². The summed E-state index contributed by atoms with van der Waals surface area (Å²) in [6.45, 7) is 2.09. The van der Waals surface area contributed by atoms with Crippen LogP contribution in [-0.4, -0.2) is 29.2 Å². The third kappa shape index (κ3) is 3.86. The number of halogens is 1. The van der Waals surface area contributed by atoms with Crippen molar-refractivity contribution in [2.45, 2.75) is 6.92 Å². The highest BCUT2D eigenvalue weighted by Gasteiger charge is 2.24. The molecule has 4 aromatic heterocycles. The number of rotatable bonds is 5. The van der Waals surface area contributed by atoms with Gasteiger partial charge >= 0.3 is 0 Å². The van der Waals surface area contributed by atoms with Crippen LogP contribution in [0.2, 0.25) is 0 Å². The molecule has 0 fully saturated rings. The lowest BCUT2D eigenvalue weighted by molar-refractivity contribution is 0.355. The number of methoxy groups -OCH3 is 2. The van der Waals surface area contributed by atoms with Gasteiger partial charge in [-0.3, -0.25) is 0 Å². The minimum absolute atomic E-state index is 0.391. The highest BCUT2D eigenvalue weighted by atomic mass is 79.9. The van der Waals surface area contributed by atoms with Gasteiger partial charge < -0.3 is 15.2 Å². The number of aromatic nitrogens is 3. The van der Waals surface area contributed by atoms with E-state index in [1.54, 1.807) is 36.9 Å². The molecule has 4 heterocycles. The predicted molar refractivity (Wildman–Crippen MR) is 139 cm³/mol. The number of hydrogen-bond acceptors (Lipinski definition) is 8. The lowest BCUT2D eigenvalue weighted by Gasteiger charge is -2.18. The number of nitrogen functional groups attached to an aromatic ring is 1. The van der Waals surface area contributed by atoms with Crippen molar-refractivity contribution in [1.29, 1.82) is 0 Å².